The number of alkyl halides is 3. The van der Waals surface area contributed by atoms with Crippen LogP contribution >= 0.6 is 0 Å². The molecule has 0 aliphatic carbocycles. The van der Waals surface area contributed by atoms with E-state index in [1.54, 1.807) is 6.08 Å². The molecule has 0 atom stereocenters. The first-order valence-corrected chi connectivity index (χ1v) is 3.47. The van der Waals surface area contributed by atoms with Crippen LogP contribution in [-0.4, -0.2) is 24.3 Å². The van der Waals surface area contributed by atoms with E-state index < -0.39 is 6.30 Å². The lowest BCUT2D eigenvalue weighted by molar-refractivity contribution is -0.242. The summed E-state index contributed by atoms with van der Waals surface area (Å²) in [6.07, 6.45) is -2.01. The highest BCUT2D eigenvalue weighted by Gasteiger charge is 2.36. The standard InChI is InChI=1S/C7H10F3N/c1-6-2-4-11(5-3-6)7(8,9)10/h2H,3-5H2,1H3. The van der Waals surface area contributed by atoms with E-state index in [1.165, 1.54) is 0 Å². The van der Waals surface area contributed by atoms with Crippen LogP contribution in [0.15, 0.2) is 11.6 Å². The topological polar surface area (TPSA) is 3.24 Å². The van der Waals surface area contributed by atoms with Crippen LogP contribution in [0, 0.1) is 0 Å². The monoisotopic (exact) mass is 165 g/mol. The molecule has 0 aromatic heterocycles. The molecule has 64 valence electrons. The Hall–Kier alpha value is -0.510. The van der Waals surface area contributed by atoms with Gasteiger partial charge in [0.1, 0.15) is 0 Å². The molecule has 4 heteroatoms. The van der Waals surface area contributed by atoms with Gasteiger partial charge >= 0.3 is 6.30 Å². The molecule has 1 aliphatic rings. The average molecular weight is 165 g/mol. The second-order valence-electron chi connectivity index (χ2n) is 2.71. The van der Waals surface area contributed by atoms with Crippen molar-refractivity contribution in [2.45, 2.75) is 19.6 Å². The van der Waals surface area contributed by atoms with Crippen LogP contribution < -0.4 is 0 Å². The van der Waals surface area contributed by atoms with Crippen LogP contribution in [0.1, 0.15) is 13.3 Å². The predicted molar refractivity (Wildman–Crippen MR) is 36.0 cm³/mol. The summed E-state index contributed by atoms with van der Waals surface area (Å²) >= 11 is 0. The third kappa shape index (κ3) is 2.22. The average Bonchev–Trinajstić information content (AvgIpc) is 1.86. The maximum Gasteiger partial charge on any atom is 0.460 e. The largest absolute Gasteiger partial charge is 0.460 e. The predicted octanol–water partition coefficient (Wildman–Crippen LogP) is 2.16. The van der Waals surface area contributed by atoms with Gasteiger partial charge in [-0.25, -0.2) is 4.90 Å². The Kier molecular flexibility index (Phi) is 2.23. The Morgan fingerprint density at radius 1 is 1.45 bits per heavy atom. The molecule has 0 N–H and O–H groups in total. The zero-order valence-electron chi connectivity index (χ0n) is 6.28. The lowest BCUT2D eigenvalue weighted by Gasteiger charge is -2.26. The van der Waals surface area contributed by atoms with Crippen molar-refractivity contribution in [1.29, 1.82) is 0 Å². The van der Waals surface area contributed by atoms with Crippen molar-refractivity contribution in [3.8, 4) is 0 Å². The smallest absolute Gasteiger partial charge is 0.210 e. The van der Waals surface area contributed by atoms with E-state index in [0.717, 1.165) is 5.57 Å². The van der Waals surface area contributed by atoms with E-state index >= 15 is 0 Å². The van der Waals surface area contributed by atoms with Crippen molar-refractivity contribution in [3.05, 3.63) is 11.6 Å². The highest BCUT2D eigenvalue weighted by atomic mass is 19.4. The maximum atomic E-state index is 12.0. The van der Waals surface area contributed by atoms with Crippen molar-refractivity contribution in [3.63, 3.8) is 0 Å². The van der Waals surface area contributed by atoms with Gasteiger partial charge in [-0.05, 0) is 13.3 Å². The number of hydrogen-bond donors (Lipinski definition) is 0. The molecule has 1 heterocycles. The zero-order valence-corrected chi connectivity index (χ0v) is 6.28. The maximum absolute atomic E-state index is 12.0. The Morgan fingerprint density at radius 3 is 2.45 bits per heavy atom. The third-order valence-corrected chi connectivity index (χ3v) is 1.79. The first-order valence-electron chi connectivity index (χ1n) is 3.47. The number of halogens is 3. The summed E-state index contributed by atoms with van der Waals surface area (Å²) in [6.45, 7) is 1.97. The molecule has 1 nitrogen and oxygen atoms in total. The van der Waals surface area contributed by atoms with Crippen LogP contribution in [0.3, 0.4) is 0 Å². The number of rotatable bonds is 0. The molecule has 0 aromatic carbocycles. The first-order chi connectivity index (χ1) is 5.00. The van der Waals surface area contributed by atoms with Crippen molar-refractivity contribution >= 4 is 0 Å². The quantitative estimate of drug-likeness (QED) is 0.392. The summed E-state index contributed by atoms with van der Waals surface area (Å²) in [4.78, 5) is 0.514. The summed E-state index contributed by atoms with van der Waals surface area (Å²) in [5, 5.41) is 0. The van der Waals surface area contributed by atoms with Gasteiger partial charge < -0.3 is 0 Å². The number of hydrogen-bond acceptors (Lipinski definition) is 1. The van der Waals surface area contributed by atoms with Crippen LogP contribution in [0.2, 0.25) is 0 Å². The van der Waals surface area contributed by atoms with E-state index in [0.29, 0.717) is 11.3 Å². The van der Waals surface area contributed by atoms with Gasteiger partial charge in [0.15, 0.2) is 0 Å². The normalized spacial score (nSPS) is 21.6. The second kappa shape index (κ2) is 2.85. The molecular formula is C7H10F3N. The minimum atomic E-state index is -4.16. The Labute approximate surface area is 63.5 Å². The van der Waals surface area contributed by atoms with E-state index in [4.69, 9.17) is 0 Å². The molecule has 1 rings (SSSR count). The molecule has 0 saturated carbocycles. The number of nitrogens with zero attached hydrogens (tertiary/aromatic N) is 1. The van der Waals surface area contributed by atoms with Gasteiger partial charge in [0.25, 0.3) is 0 Å². The summed E-state index contributed by atoms with van der Waals surface area (Å²) in [5.41, 5.74) is 1.05. The van der Waals surface area contributed by atoms with Gasteiger partial charge in [0.2, 0.25) is 0 Å². The van der Waals surface area contributed by atoms with Gasteiger partial charge in [-0.15, -0.1) is 0 Å². The lowest BCUT2D eigenvalue weighted by Crippen LogP contribution is -2.40. The highest BCUT2D eigenvalue weighted by Crippen LogP contribution is 2.24. The molecule has 11 heavy (non-hydrogen) atoms. The summed E-state index contributed by atoms with van der Waals surface area (Å²) in [7, 11) is 0. The minimum Gasteiger partial charge on any atom is -0.210 e. The summed E-state index contributed by atoms with van der Waals surface area (Å²) < 4.78 is 35.9. The molecular weight excluding hydrogens is 155 g/mol. The fourth-order valence-electron chi connectivity index (χ4n) is 1.00. The highest BCUT2D eigenvalue weighted by molar-refractivity contribution is 5.03. The van der Waals surface area contributed by atoms with E-state index in [2.05, 4.69) is 0 Å². The van der Waals surface area contributed by atoms with Crippen LogP contribution in [0.25, 0.3) is 0 Å². The molecule has 0 spiro atoms. The summed E-state index contributed by atoms with van der Waals surface area (Å²) in [6, 6.07) is 0. The van der Waals surface area contributed by atoms with Gasteiger partial charge in [-0.3, -0.25) is 0 Å². The van der Waals surface area contributed by atoms with Crippen LogP contribution in [0.4, 0.5) is 13.2 Å². The molecule has 0 saturated heterocycles. The molecule has 0 aromatic rings. The van der Waals surface area contributed by atoms with Crippen molar-refractivity contribution in [1.82, 2.24) is 4.90 Å². The lowest BCUT2D eigenvalue weighted by atomic mass is 10.1. The van der Waals surface area contributed by atoms with Gasteiger partial charge in [-0.2, -0.15) is 13.2 Å². The Morgan fingerprint density at radius 2 is 2.09 bits per heavy atom. The van der Waals surface area contributed by atoms with E-state index in [9.17, 15) is 13.2 Å². The van der Waals surface area contributed by atoms with E-state index in [1.807, 2.05) is 6.92 Å². The van der Waals surface area contributed by atoms with Crippen molar-refractivity contribution < 1.29 is 13.2 Å². The molecule has 0 amide bonds. The molecule has 1 aliphatic heterocycles. The van der Waals surface area contributed by atoms with Crippen molar-refractivity contribution in [2.75, 3.05) is 13.1 Å². The summed E-state index contributed by atoms with van der Waals surface area (Å²) in [5.74, 6) is 0. The zero-order chi connectivity index (χ0) is 8.48. The van der Waals surface area contributed by atoms with E-state index in [-0.39, 0.29) is 13.1 Å². The molecule has 0 fully saturated rings. The van der Waals surface area contributed by atoms with Crippen molar-refractivity contribution in [2.24, 2.45) is 0 Å². The second-order valence-corrected chi connectivity index (χ2v) is 2.71. The molecule has 0 unspecified atom stereocenters. The van der Waals surface area contributed by atoms with Gasteiger partial charge in [-0.1, -0.05) is 11.6 Å². The Bertz CT molecular complexity index is 171. The molecule has 0 bridgehead atoms. The van der Waals surface area contributed by atoms with Crippen LogP contribution in [0.5, 0.6) is 0 Å². The van der Waals surface area contributed by atoms with Crippen LogP contribution in [-0.2, 0) is 0 Å². The fraction of sp³-hybridized carbons (Fsp3) is 0.714. The minimum absolute atomic E-state index is 0.00926. The first kappa shape index (κ1) is 8.59. The Balaban J connectivity index is 2.54. The third-order valence-electron chi connectivity index (χ3n) is 1.79. The van der Waals surface area contributed by atoms with Gasteiger partial charge in [0.05, 0.1) is 0 Å². The SMILES string of the molecule is CC1=CCN(C(F)(F)F)CC1. The van der Waals surface area contributed by atoms with Gasteiger partial charge in [0, 0.05) is 13.1 Å². The fourth-order valence-corrected chi connectivity index (χ4v) is 1.00. The molecule has 0 radical (unpaired) electrons.